The molecule has 0 aromatic heterocycles. The summed E-state index contributed by atoms with van der Waals surface area (Å²) >= 11 is 5.71. The zero-order valence-corrected chi connectivity index (χ0v) is 12.5. The molecule has 2 aliphatic rings. The zero-order chi connectivity index (χ0) is 15.2. The van der Waals surface area contributed by atoms with E-state index in [9.17, 15) is 13.2 Å². The van der Waals surface area contributed by atoms with Gasteiger partial charge >= 0.3 is 6.18 Å². The van der Waals surface area contributed by atoms with Gasteiger partial charge in [0.2, 0.25) is 0 Å². The van der Waals surface area contributed by atoms with Crippen molar-refractivity contribution in [1.82, 2.24) is 4.90 Å². The predicted molar refractivity (Wildman–Crippen MR) is 77.7 cm³/mol. The Labute approximate surface area is 127 Å². The number of nitrogens with one attached hydrogen (secondary N) is 1. The summed E-state index contributed by atoms with van der Waals surface area (Å²) in [5.74, 6) is 0. The highest BCUT2D eigenvalue weighted by Crippen LogP contribution is 2.39. The van der Waals surface area contributed by atoms with Crippen molar-refractivity contribution in [3.8, 4) is 0 Å². The van der Waals surface area contributed by atoms with Gasteiger partial charge in [-0.25, -0.2) is 0 Å². The van der Waals surface area contributed by atoms with Gasteiger partial charge in [-0.05, 0) is 50.9 Å². The molecule has 2 heterocycles. The molecule has 6 heteroatoms. The summed E-state index contributed by atoms with van der Waals surface area (Å²) in [6.45, 7) is 0. The molecule has 0 spiro atoms. The van der Waals surface area contributed by atoms with Gasteiger partial charge in [-0.15, -0.1) is 0 Å². The van der Waals surface area contributed by atoms with Crippen LogP contribution >= 0.6 is 11.6 Å². The Morgan fingerprint density at radius 1 is 1.19 bits per heavy atom. The van der Waals surface area contributed by atoms with E-state index in [2.05, 4.69) is 17.3 Å². The minimum atomic E-state index is -4.39. The molecule has 1 aromatic carbocycles. The van der Waals surface area contributed by atoms with E-state index in [0.717, 1.165) is 31.7 Å². The third kappa shape index (κ3) is 2.99. The molecule has 0 amide bonds. The molecule has 0 radical (unpaired) electrons. The lowest BCUT2D eigenvalue weighted by molar-refractivity contribution is -0.137. The number of alkyl halides is 3. The molecule has 21 heavy (non-hydrogen) atoms. The van der Waals surface area contributed by atoms with E-state index < -0.39 is 11.7 Å². The molecule has 2 unspecified atom stereocenters. The van der Waals surface area contributed by atoms with E-state index in [1.165, 1.54) is 12.1 Å². The highest BCUT2D eigenvalue weighted by molar-refractivity contribution is 6.30. The number of hydrogen-bond donors (Lipinski definition) is 1. The number of piperidine rings is 1. The van der Waals surface area contributed by atoms with Crippen LogP contribution in [0.4, 0.5) is 18.9 Å². The number of halogens is 4. The average Bonchev–Trinajstić information content (AvgIpc) is 2.62. The van der Waals surface area contributed by atoms with Crippen molar-refractivity contribution < 1.29 is 13.2 Å². The molecular weight excluding hydrogens is 301 g/mol. The number of anilines is 1. The van der Waals surface area contributed by atoms with Crippen molar-refractivity contribution in [2.45, 2.75) is 50.0 Å². The SMILES string of the molecule is CN1C2CCC1CC(Nc1ccc(Cl)cc1C(F)(F)F)C2. The van der Waals surface area contributed by atoms with E-state index >= 15 is 0 Å². The van der Waals surface area contributed by atoms with E-state index in [4.69, 9.17) is 11.6 Å². The second-order valence-electron chi connectivity index (χ2n) is 6.05. The Morgan fingerprint density at radius 2 is 1.81 bits per heavy atom. The van der Waals surface area contributed by atoms with Crippen LogP contribution in [0.2, 0.25) is 5.02 Å². The van der Waals surface area contributed by atoms with Crippen LogP contribution in [-0.2, 0) is 6.18 Å². The lowest BCUT2D eigenvalue weighted by Gasteiger charge is -2.37. The Morgan fingerprint density at radius 3 is 2.38 bits per heavy atom. The number of rotatable bonds is 2. The van der Waals surface area contributed by atoms with Crippen LogP contribution in [0.15, 0.2) is 18.2 Å². The summed E-state index contributed by atoms with van der Waals surface area (Å²) in [6, 6.07) is 5.01. The monoisotopic (exact) mass is 318 g/mol. The number of hydrogen-bond acceptors (Lipinski definition) is 2. The summed E-state index contributed by atoms with van der Waals surface area (Å²) in [6.07, 6.45) is -0.310. The van der Waals surface area contributed by atoms with Crippen LogP contribution in [0.25, 0.3) is 0 Å². The Bertz CT molecular complexity index is 518. The van der Waals surface area contributed by atoms with Gasteiger partial charge in [-0.1, -0.05) is 11.6 Å². The molecule has 0 saturated carbocycles. The first-order chi connectivity index (χ1) is 9.84. The Balaban J connectivity index is 1.80. The molecule has 2 aliphatic heterocycles. The van der Waals surface area contributed by atoms with Gasteiger partial charge in [-0.2, -0.15) is 13.2 Å². The molecule has 116 valence electrons. The molecule has 2 saturated heterocycles. The third-order valence-electron chi connectivity index (χ3n) is 4.74. The molecule has 2 bridgehead atoms. The van der Waals surface area contributed by atoms with Crippen LogP contribution in [0, 0.1) is 0 Å². The quantitative estimate of drug-likeness (QED) is 0.869. The second-order valence-corrected chi connectivity index (χ2v) is 6.49. The average molecular weight is 319 g/mol. The highest BCUT2D eigenvalue weighted by Gasteiger charge is 2.39. The van der Waals surface area contributed by atoms with Gasteiger partial charge in [0.1, 0.15) is 0 Å². The first-order valence-corrected chi connectivity index (χ1v) is 7.57. The summed E-state index contributed by atoms with van der Waals surface area (Å²) in [5, 5.41) is 3.21. The maximum Gasteiger partial charge on any atom is 0.418 e. The molecule has 2 atom stereocenters. The van der Waals surface area contributed by atoms with Gasteiger partial charge in [0.05, 0.1) is 5.56 Å². The lowest BCUT2D eigenvalue weighted by Crippen LogP contribution is -2.44. The van der Waals surface area contributed by atoms with Crippen molar-refractivity contribution in [2.24, 2.45) is 0 Å². The maximum absolute atomic E-state index is 13.1. The lowest BCUT2D eigenvalue weighted by atomic mass is 9.97. The fourth-order valence-corrected chi connectivity index (χ4v) is 3.80. The van der Waals surface area contributed by atoms with E-state index in [-0.39, 0.29) is 16.8 Å². The van der Waals surface area contributed by atoms with Gasteiger partial charge in [0.25, 0.3) is 0 Å². The summed E-state index contributed by atoms with van der Waals surface area (Å²) in [5.41, 5.74) is -0.540. The van der Waals surface area contributed by atoms with Crippen molar-refractivity contribution >= 4 is 17.3 Å². The zero-order valence-electron chi connectivity index (χ0n) is 11.8. The topological polar surface area (TPSA) is 15.3 Å². The summed E-state index contributed by atoms with van der Waals surface area (Å²) < 4.78 is 39.3. The molecule has 1 N–H and O–H groups in total. The Hall–Kier alpha value is -0.940. The second kappa shape index (κ2) is 5.36. The molecule has 3 rings (SSSR count). The first-order valence-electron chi connectivity index (χ1n) is 7.20. The van der Waals surface area contributed by atoms with E-state index in [1.54, 1.807) is 0 Å². The van der Waals surface area contributed by atoms with Crippen LogP contribution in [0.5, 0.6) is 0 Å². The van der Waals surface area contributed by atoms with Crippen molar-refractivity contribution in [3.05, 3.63) is 28.8 Å². The maximum atomic E-state index is 13.1. The van der Waals surface area contributed by atoms with E-state index in [1.807, 2.05) is 0 Å². The minimum Gasteiger partial charge on any atom is -0.382 e. The van der Waals surface area contributed by atoms with Crippen LogP contribution < -0.4 is 5.32 Å². The van der Waals surface area contributed by atoms with Crippen molar-refractivity contribution in [2.75, 3.05) is 12.4 Å². The minimum absolute atomic E-state index is 0.0981. The van der Waals surface area contributed by atoms with Gasteiger partial charge in [0.15, 0.2) is 0 Å². The molecule has 2 nitrogen and oxygen atoms in total. The summed E-state index contributed by atoms with van der Waals surface area (Å²) in [4.78, 5) is 2.37. The predicted octanol–water partition coefficient (Wildman–Crippen LogP) is 4.40. The van der Waals surface area contributed by atoms with Crippen LogP contribution in [0.3, 0.4) is 0 Å². The van der Waals surface area contributed by atoms with Crippen LogP contribution in [0.1, 0.15) is 31.2 Å². The smallest absolute Gasteiger partial charge is 0.382 e. The summed E-state index contributed by atoms with van der Waals surface area (Å²) in [7, 11) is 2.11. The normalized spacial score (nSPS) is 29.7. The standard InChI is InChI=1S/C15H18ClF3N2/c1-21-11-3-4-12(21)8-10(7-11)20-14-5-2-9(16)6-13(14)15(17,18)19/h2,5-6,10-12,20H,3-4,7-8H2,1H3. The fraction of sp³-hybridized carbons (Fsp3) is 0.600. The van der Waals surface area contributed by atoms with Crippen LogP contribution in [-0.4, -0.2) is 30.1 Å². The first kappa shape index (κ1) is 15.0. The highest BCUT2D eigenvalue weighted by atomic mass is 35.5. The largest absolute Gasteiger partial charge is 0.418 e. The molecule has 0 aliphatic carbocycles. The third-order valence-corrected chi connectivity index (χ3v) is 4.98. The van der Waals surface area contributed by atoms with E-state index in [0.29, 0.717) is 12.1 Å². The Kier molecular flexibility index (Phi) is 3.82. The number of fused-ring (bicyclic) bond motifs is 2. The number of benzene rings is 1. The molecular formula is C15H18ClF3N2. The van der Waals surface area contributed by atoms with Gasteiger partial charge in [0, 0.05) is 28.8 Å². The molecule has 2 fully saturated rings. The van der Waals surface area contributed by atoms with Gasteiger partial charge < -0.3 is 10.2 Å². The van der Waals surface area contributed by atoms with Gasteiger partial charge in [-0.3, -0.25) is 0 Å². The fourth-order valence-electron chi connectivity index (χ4n) is 3.63. The molecule has 1 aromatic rings. The van der Waals surface area contributed by atoms with Crippen molar-refractivity contribution in [3.63, 3.8) is 0 Å². The number of nitrogens with zero attached hydrogens (tertiary/aromatic N) is 1. The van der Waals surface area contributed by atoms with Crippen molar-refractivity contribution in [1.29, 1.82) is 0 Å².